The highest BCUT2D eigenvalue weighted by Gasteiger charge is 2.68. The minimum absolute atomic E-state index is 0.346. The van der Waals surface area contributed by atoms with Crippen LogP contribution >= 0.6 is 22.6 Å². The van der Waals surface area contributed by atoms with E-state index in [0.29, 0.717) is 12.3 Å². The number of hydrogen-bond donors (Lipinski definition) is 0. The van der Waals surface area contributed by atoms with E-state index in [9.17, 15) is 8.42 Å². The number of hydrogen-bond acceptors (Lipinski definition) is 2. The maximum Gasteiger partial charge on any atom is 0.174 e. The second-order valence-electron chi connectivity index (χ2n) is 5.50. The molecule has 4 heteroatoms. The van der Waals surface area contributed by atoms with Crippen LogP contribution in [0.3, 0.4) is 0 Å². The minimum atomic E-state index is -3.03. The van der Waals surface area contributed by atoms with E-state index in [-0.39, 0.29) is 4.75 Å². The molecule has 3 fully saturated rings. The fraction of sp³-hybridized carbons (Fsp3) is 0.667. The largest absolute Gasteiger partial charge is 0.227 e. The van der Waals surface area contributed by atoms with Crippen LogP contribution in [0.2, 0.25) is 0 Å². The van der Waals surface area contributed by atoms with Crippen molar-refractivity contribution in [2.45, 2.75) is 40.1 Å². The molecule has 3 saturated carbocycles. The molecule has 0 heterocycles. The minimum Gasteiger partial charge on any atom is -0.227 e. The fourth-order valence-corrected chi connectivity index (χ4v) is 8.10. The summed E-state index contributed by atoms with van der Waals surface area (Å²) in [7, 11) is -3.03. The number of sulfone groups is 1. The van der Waals surface area contributed by atoms with Crippen molar-refractivity contribution in [3.05, 3.63) is 23.8 Å². The molecular weight excluding hydrogens is 335 g/mol. The van der Waals surface area contributed by atoms with Gasteiger partial charge in [0.2, 0.25) is 0 Å². The fourth-order valence-electron chi connectivity index (χ4n) is 3.13. The molecule has 0 saturated heterocycles. The second kappa shape index (κ2) is 3.13. The molecule has 16 heavy (non-hydrogen) atoms. The third kappa shape index (κ3) is 1.20. The third-order valence-electron chi connectivity index (χ3n) is 4.24. The zero-order valence-corrected chi connectivity index (χ0v) is 12.2. The van der Waals surface area contributed by atoms with E-state index in [0.717, 1.165) is 24.8 Å². The van der Waals surface area contributed by atoms with Gasteiger partial charge < -0.3 is 0 Å². The first-order valence-corrected chi connectivity index (χ1v) is 8.23. The molecule has 4 rings (SSSR count). The zero-order chi connectivity index (χ0) is 11.6. The van der Waals surface area contributed by atoms with Crippen molar-refractivity contribution >= 4 is 32.4 Å². The predicted molar refractivity (Wildman–Crippen MR) is 73.3 cm³/mol. The Kier molecular flexibility index (Phi) is 2.20. The highest BCUT2D eigenvalue weighted by Crippen LogP contribution is 2.65. The molecule has 4 aliphatic rings. The Labute approximate surface area is 110 Å². The first-order chi connectivity index (χ1) is 7.39. The van der Waals surface area contributed by atoms with Crippen LogP contribution in [0.25, 0.3) is 0 Å². The molecule has 0 N–H and O–H groups in total. The lowest BCUT2D eigenvalue weighted by Crippen LogP contribution is -2.66. The van der Waals surface area contributed by atoms with E-state index in [1.165, 1.54) is 0 Å². The lowest BCUT2D eigenvalue weighted by Gasteiger charge is -2.62. The van der Waals surface area contributed by atoms with Crippen molar-refractivity contribution in [3.8, 4) is 0 Å². The lowest BCUT2D eigenvalue weighted by molar-refractivity contribution is 0.0476. The molecular formula is C12H15IO2S. The van der Waals surface area contributed by atoms with Crippen LogP contribution in [0, 0.1) is 5.92 Å². The van der Waals surface area contributed by atoms with Gasteiger partial charge in [0.15, 0.2) is 9.84 Å². The molecule has 4 aliphatic carbocycles. The first-order valence-electron chi connectivity index (χ1n) is 5.67. The summed E-state index contributed by atoms with van der Waals surface area (Å²) in [5.41, 5.74) is 1.16. The van der Waals surface area contributed by atoms with Gasteiger partial charge in [-0.2, -0.15) is 0 Å². The van der Waals surface area contributed by atoms with Crippen LogP contribution in [-0.4, -0.2) is 15.9 Å². The Morgan fingerprint density at radius 2 is 2.00 bits per heavy atom. The summed E-state index contributed by atoms with van der Waals surface area (Å²) in [5, 5.41) is 0. The van der Waals surface area contributed by atoms with Crippen molar-refractivity contribution in [3.63, 3.8) is 0 Å². The second-order valence-corrected chi connectivity index (χ2v) is 10.8. The van der Waals surface area contributed by atoms with Crippen molar-refractivity contribution in [2.24, 2.45) is 5.92 Å². The molecule has 0 aliphatic heterocycles. The Morgan fingerprint density at radius 3 is 2.44 bits per heavy atom. The molecule has 1 atom stereocenters. The van der Waals surface area contributed by atoms with Crippen LogP contribution in [0.4, 0.5) is 0 Å². The molecule has 0 aromatic rings. The molecule has 2 nitrogen and oxygen atoms in total. The van der Waals surface area contributed by atoms with Gasteiger partial charge in [0, 0.05) is 6.42 Å². The molecule has 2 bridgehead atoms. The van der Waals surface area contributed by atoms with E-state index in [4.69, 9.17) is 0 Å². The van der Waals surface area contributed by atoms with Gasteiger partial charge >= 0.3 is 0 Å². The van der Waals surface area contributed by atoms with E-state index in [1.807, 2.05) is 25.2 Å². The van der Waals surface area contributed by atoms with Crippen LogP contribution in [-0.2, 0) is 9.84 Å². The lowest BCUT2D eigenvalue weighted by atomic mass is 9.55. The first kappa shape index (κ1) is 11.3. The van der Waals surface area contributed by atoms with Gasteiger partial charge in [-0.3, -0.25) is 0 Å². The van der Waals surface area contributed by atoms with Gasteiger partial charge in [-0.25, -0.2) is 8.42 Å². The van der Waals surface area contributed by atoms with Crippen LogP contribution in [0.1, 0.15) is 32.6 Å². The van der Waals surface area contributed by atoms with Crippen LogP contribution in [0.5, 0.6) is 0 Å². The van der Waals surface area contributed by atoms with Crippen LogP contribution < -0.4 is 0 Å². The number of halogens is 1. The van der Waals surface area contributed by atoms with E-state index >= 15 is 0 Å². The van der Waals surface area contributed by atoms with Crippen molar-refractivity contribution in [1.29, 1.82) is 0 Å². The smallest absolute Gasteiger partial charge is 0.174 e. The summed E-state index contributed by atoms with van der Waals surface area (Å²) in [6.45, 7) is 2.01. The van der Waals surface area contributed by atoms with Crippen LogP contribution in [0.15, 0.2) is 23.8 Å². The van der Waals surface area contributed by atoms with Crippen molar-refractivity contribution in [2.75, 3.05) is 0 Å². The highest BCUT2D eigenvalue weighted by atomic mass is 127. The summed E-state index contributed by atoms with van der Waals surface area (Å²) in [6, 6.07) is 0. The summed E-state index contributed by atoms with van der Waals surface area (Å²) in [5.74, 6) is 0.707. The Bertz CT molecular complexity index is 486. The Balaban J connectivity index is 1.98. The quantitative estimate of drug-likeness (QED) is 0.567. The topological polar surface area (TPSA) is 34.1 Å². The average Bonchev–Trinajstić information content (AvgIpc) is 1.95. The molecule has 0 aromatic carbocycles. The number of alkyl halides is 1. The van der Waals surface area contributed by atoms with Gasteiger partial charge in [-0.1, -0.05) is 46.4 Å². The Morgan fingerprint density at radius 1 is 1.38 bits per heavy atom. The molecule has 0 aromatic heterocycles. The van der Waals surface area contributed by atoms with E-state index in [2.05, 4.69) is 22.6 Å². The summed E-state index contributed by atoms with van der Waals surface area (Å²) >= 11 is 2.14. The molecule has 0 spiro atoms. The maximum absolute atomic E-state index is 12.7. The van der Waals surface area contributed by atoms with Gasteiger partial charge in [0.1, 0.15) is 2.75 Å². The van der Waals surface area contributed by atoms with Crippen molar-refractivity contribution < 1.29 is 8.42 Å². The third-order valence-corrected chi connectivity index (χ3v) is 9.54. The molecule has 88 valence electrons. The van der Waals surface area contributed by atoms with Gasteiger partial charge in [0.05, 0.1) is 4.75 Å². The predicted octanol–water partition coefficient (Wildman–Crippen LogP) is 2.99. The SMILES string of the molecule is CC1=CC=CC(I)(S(=O)(=O)C23CC(C2)C3)C1. The summed E-state index contributed by atoms with van der Waals surface area (Å²) in [4.78, 5) is 0. The highest BCUT2D eigenvalue weighted by molar-refractivity contribution is 14.1. The molecule has 0 radical (unpaired) electrons. The number of allylic oxidation sites excluding steroid dienone is 3. The molecule has 0 amide bonds. The van der Waals surface area contributed by atoms with Gasteiger partial charge in [0.25, 0.3) is 0 Å². The number of rotatable bonds is 2. The Hall–Kier alpha value is 0.160. The van der Waals surface area contributed by atoms with E-state index < -0.39 is 12.6 Å². The average molecular weight is 350 g/mol. The van der Waals surface area contributed by atoms with Gasteiger partial charge in [-0.15, -0.1) is 0 Å². The van der Waals surface area contributed by atoms with E-state index in [1.54, 1.807) is 0 Å². The maximum atomic E-state index is 12.7. The normalized spacial score (nSPS) is 45.6. The van der Waals surface area contributed by atoms with Gasteiger partial charge in [-0.05, 0) is 32.1 Å². The monoisotopic (exact) mass is 350 g/mol. The van der Waals surface area contributed by atoms with Crippen molar-refractivity contribution in [1.82, 2.24) is 0 Å². The zero-order valence-electron chi connectivity index (χ0n) is 9.24. The standard InChI is InChI=1S/C12H15IO2S/c1-9-3-2-4-12(13,5-9)16(14,15)11-6-10(7-11)8-11/h2-4,10H,5-8H2,1H3. The summed E-state index contributed by atoms with van der Waals surface area (Å²) in [6.07, 6.45) is 9.17. The molecule has 1 unspecified atom stereocenters. The summed E-state index contributed by atoms with van der Waals surface area (Å²) < 4.78 is 24.4.